The molecule has 1 saturated heterocycles. The maximum Gasteiger partial charge on any atom is 0.324 e. The molecule has 0 saturated carbocycles. The normalized spacial score (nSPS) is 15.6. The molecule has 1 aliphatic heterocycles. The van der Waals surface area contributed by atoms with Crippen LogP contribution in [0.3, 0.4) is 0 Å². The van der Waals surface area contributed by atoms with Crippen molar-refractivity contribution in [2.24, 2.45) is 7.05 Å². The van der Waals surface area contributed by atoms with E-state index in [0.29, 0.717) is 23.6 Å². The fraction of sp³-hybridized carbons (Fsp3) is 0.292. The van der Waals surface area contributed by atoms with Crippen molar-refractivity contribution in [2.45, 2.75) is 18.9 Å². The first-order valence-corrected chi connectivity index (χ1v) is 10.6. The topological polar surface area (TPSA) is 102 Å². The number of hydrogen-bond donors (Lipinski definition) is 2. The third-order valence-electron chi connectivity index (χ3n) is 5.77. The summed E-state index contributed by atoms with van der Waals surface area (Å²) in [5.74, 6) is 0.434. The maximum absolute atomic E-state index is 12.8. The van der Waals surface area contributed by atoms with Crippen LogP contribution in [0.5, 0.6) is 11.5 Å². The van der Waals surface area contributed by atoms with E-state index in [9.17, 15) is 14.4 Å². The average molecular weight is 450 g/mol. The Labute approximate surface area is 191 Å². The van der Waals surface area contributed by atoms with E-state index in [1.54, 1.807) is 20.3 Å². The summed E-state index contributed by atoms with van der Waals surface area (Å²) >= 11 is 0. The molecule has 1 unspecified atom stereocenters. The Morgan fingerprint density at radius 3 is 2.64 bits per heavy atom. The minimum Gasteiger partial charge on any atom is -0.493 e. The van der Waals surface area contributed by atoms with Crippen molar-refractivity contribution >= 4 is 34.4 Å². The number of rotatable bonds is 8. The van der Waals surface area contributed by atoms with Gasteiger partial charge in [0.2, 0.25) is 5.91 Å². The zero-order valence-corrected chi connectivity index (χ0v) is 18.8. The number of benzene rings is 2. The Kier molecular flexibility index (Phi) is 6.21. The van der Waals surface area contributed by atoms with E-state index in [-0.39, 0.29) is 18.9 Å². The van der Waals surface area contributed by atoms with Crippen LogP contribution in [-0.2, 0) is 23.1 Å². The molecular formula is C24H26N4O5. The van der Waals surface area contributed by atoms with Gasteiger partial charge in [0.05, 0.1) is 26.3 Å². The maximum atomic E-state index is 12.8. The van der Waals surface area contributed by atoms with Gasteiger partial charge in [-0.25, -0.2) is 4.79 Å². The minimum absolute atomic E-state index is 0.138. The number of nitrogens with zero attached hydrogens (tertiary/aromatic N) is 2. The Morgan fingerprint density at radius 2 is 1.88 bits per heavy atom. The molecule has 1 atom stereocenters. The van der Waals surface area contributed by atoms with Crippen LogP contribution in [-0.4, -0.2) is 54.1 Å². The van der Waals surface area contributed by atoms with Crippen LogP contribution in [0.15, 0.2) is 48.7 Å². The summed E-state index contributed by atoms with van der Waals surface area (Å²) in [6, 6.07) is 11.6. The number of anilines is 1. The molecule has 2 N–H and O–H groups in total. The second-order valence-corrected chi connectivity index (χ2v) is 7.85. The summed E-state index contributed by atoms with van der Waals surface area (Å²) in [6.45, 7) is 0.196. The van der Waals surface area contributed by atoms with Crippen LogP contribution in [0.1, 0.15) is 12.0 Å². The molecular weight excluding hydrogens is 424 g/mol. The lowest BCUT2D eigenvalue weighted by molar-refractivity contribution is -0.129. The highest BCUT2D eigenvalue weighted by molar-refractivity contribution is 6.08. The Bertz CT molecular complexity index is 1220. The van der Waals surface area contributed by atoms with E-state index >= 15 is 0 Å². The molecule has 2 heterocycles. The predicted octanol–water partition coefficient (Wildman–Crippen LogP) is 2.69. The first-order valence-electron chi connectivity index (χ1n) is 10.6. The third-order valence-corrected chi connectivity index (χ3v) is 5.77. The second-order valence-electron chi connectivity index (χ2n) is 7.85. The minimum atomic E-state index is -0.891. The number of ether oxygens (including phenoxy) is 2. The van der Waals surface area contributed by atoms with E-state index < -0.39 is 18.0 Å². The second kappa shape index (κ2) is 9.23. The fourth-order valence-electron chi connectivity index (χ4n) is 4.00. The lowest BCUT2D eigenvalue weighted by Gasteiger charge is -2.14. The smallest absolute Gasteiger partial charge is 0.324 e. The van der Waals surface area contributed by atoms with Crippen LogP contribution in [0.25, 0.3) is 10.9 Å². The number of aromatic nitrogens is 1. The lowest BCUT2D eigenvalue weighted by atomic mass is 10.1. The number of nitrogens with one attached hydrogen (secondary N) is 2. The van der Waals surface area contributed by atoms with Gasteiger partial charge in [0, 0.05) is 30.7 Å². The van der Waals surface area contributed by atoms with E-state index in [1.165, 1.54) is 0 Å². The quantitative estimate of drug-likeness (QED) is 0.514. The highest BCUT2D eigenvalue weighted by Crippen LogP contribution is 2.28. The fourth-order valence-corrected chi connectivity index (χ4v) is 4.00. The molecule has 4 amide bonds. The summed E-state index contributed by atoms with van der Waals surface area (Å²) in [7, 11) is 5.03. The molecule has 3 aromatic rings. The molecule has 0 radical (unpaired) electrons. The Hall–Kier alpha value is -4.01. The van der Waals surface area contributed by atoms with E-state index in [1.807, 2.05) is 54.2 Å². The molecule has 1 aliphatic rings. The third kappa shape index (κ3) is 4.48. The highest BCUT2D eigenvalue weighted by Gasteiger charge is 2.38. The van der Waals surface area contributed by atoms with Crippen molar-refractivity contribution in [1.29, 1.82) is 0 Å². The molecule has 0 bridgehead atoms. The number of carbonyl (C=O) groups is 3. The zero-order chi connectivity index (χ0) is 23.5. The number of aryl methyl sites for hydroxylation is 1. The van der Waals surface area contributed by atoms with Crippen LogP contribution in [0.2, 0.25) is 0 Å². The van der Waals surface area contributed by atoms with Crippen molar-refractivity contribution in [3.05, 3.63) is 54.2 Å². The van der Waals surface area contributed by atoms with Gasteiger partial charge in [-0.2, -0.15) is 0 Å². The molecule has 172 valence electrons. The number of methoxy groups -OCH3 is 2. The van der Waals surface area contributed by atoms with Gasteiger partial charge in [-0.1, -0.05) is 12.1 Å². The zero-order valence-electron chi connectivity index (χ0n) is 18.8. The van der Waals surface area contributed by atoms with Gasteiger partial charge in [0.15, 0.2) is 11.5 Å². The first-order chi connectivity index (χ1) is 15.9. The molecule has 1 aromatic heterocycles. The van der Waals surface area contributed by atoms with Crippen molar-refractivity contribution in [3.8, 4) is 11.5 Å². The van der Waals surface area contributed by atoms with Crippen LogP contribution < -0.4 is 20.1 Å². The van der Waals surface area contributed by atoms with Crippen molar-refractivity contribution in [3.63, 3.8) is 0 Å². The van der Waals surface area contributed by atoms with Crippen molar-refractivity contribution < 1.29 is 23.9 Å². The first kappa shape index (κ1) is 22.2. The molecule has 0 aliphatic carbocycles. The van der Waals surface area contributed by atoms with Crippen LogP contribution in [0, 0.1) is 0 Å². The summed E-state index contributed by atoms with van der Waals surface area (Å²) in [5.41, 5.74) is 2.55. The predicted molar refractivity (Wildman–Crippen MR) is 123 cm³/mol. The molecule has 9 nitrogen and oxygen atoms in total. The van der Waals surface area contributed by atoms with Crippen LogP contribution in [0.4, 0.5) is 10.5 Å². The summed E-state index contributed by atoms with van der Waals surface area (Å²) < 4.78 is 12.5. The number of imide groups is 1. The van der Waals surface area contributed by atoms with Gasteiger partial charge >= 0.3 is 6.03 Å². The van der Waals surface area contributed by atoms with Gasteiger partial charge in [0.25, 0.3) is 5.91 Å². The lowest BCUT2D eigenvalue weighted by Crippen LogP contribution is -2.35. The Balaban J connectivity index is 1.37. The van der Waals surface area contributed by atoms with Crippen LogP contribution >= 0.6 is 0 Å². The van der Waals surface area contributed by atoms with E-state index in [4.69, 9.17) is 9.47 Å². The Morgan fingerprint density at radius 1 is 1.09 bits per heavy atom. The summed E-state index contributed by atoms with van der Waals surface area (Å²) in [6.07, 6.45) is 2.23. The SMILES string of the molecule is COc1ccc(CCN2C(=O)NC(CC(=O)Nc3cccc4c3ccn4C)C2=O)cc1OC. The number of carbonyl (C=O) groups excluding carboxylic acids is 3. The molecule has 33 heavy (non-hydrogen) atoms. The molecule has 0 spiro atoms. The molecule has 2 aromatic carbocycles. The van der Waals surface area contributed by atoms with Gasteiger partial charge in [-0.15, -0.1) is 0 Å². The highest BCUT2D eigenvalue weighted by atomic mass is 16.5. The summed E-state index contributed by atoms with van der Waals surface area (Å²) in [5, 5.41) is 6.38. The summed E-state index contributed by atoms with van der Waals surface area (Å²) in [4.78, 5) is 38.9. The molecule has 4 rings (SSSR count). The molecule has 1 fully saturated rings. The number of urea groups is 1. The largest absolute Gasteiger partial charge is 0.493 e. The monoisotopic (exact) mass is 450 g/mol. The molecule has 9 heteroatoms. The standard InChI is InChI=1S/C24H26N4O5/c1-27-11-10-16-17(5-4-6-19(16)27)25-22(29)14-18-23(30)28(24(31)26-18)12-9-15-7-8-20(32-2)21(13-15)33-3/h4-8,10-11,13,18H,9,12,14H2,1-3H3,(H,25,29)(H,26,31). The number of fused-ring (bicyclic) bond motifs is 1. The number of hydrogen-bond acceptors (Lipinski definition) is 5. The van der Waals surface area contributed by atoms with Gasteiger partial charge in [-0.3, -0.25) is 14.5 Å². The van der Waals surface area contributed by atoms with E-state index in [0.717, 1.165) is 21.4 Å². The van der Waals surface area contributed by atoms with Gasteiger partial charge in [-0.05, 0) is 42.3 Å². The van der Waals surface area contributed by atoms with Gasteiger partial charge < -0.3 is 24.7 Å². The van der Waals surface area contributed by atoms with E-state index in [2.05, 4.69) is 10.6 Å². The van der Waals surface area contributed by atoms with Crippen molar-refractivity contribution in [2.75, 3.05) is 26.1 Å². The van der Waals surface area contributed by atoms with Crippen molar-refractivity contribution in [1.82, 2.24) is 14.8 Å². The number of amides is 4. The average Bonchev–Trinajstić information content (AvgIpc) is 3.31. The van der Waals surface area contributed by atoms with Gasteiger partial charge in [0.1, 0.15) is 6.04 Å².